The largest absolute Gasteiger partial charge is 0.465 e. The SMILES string of the molecule is CCCC(Sc1nncn1N)C(=O)OCC. The van der Waals surface area contributed by atoms with Crippen LogP contribution in [0.1, 0.15) is 26.7 Å². The van der Waals surface area contributed by atoms with Gasteiger partial charge in [-0.3, -0.25) is 4.79 Å². The van der Waals surface area contributed by atoms with Crippen molar-refractivity contribution < 1.29 is 9.53 Å². The molecule has 0 aliphatic rings. The first-order valence-electron chi connectivity index (χ1n) is 5.17. The van der Waals surface area contributed by atoms with Crippen molar-refractivity contribution >= 4 is 17.7 Å². The number of ether oxygens (including phenoxy) is 1. The van der Waals surface area contributed by atoms with Gasteiger partial charge in [0, 0.05) is 0 Å². The maximum absolute atomic E-state index is 11.6. The van der Waals surface area contributed by atoms with Crippen LogP contribution in [0.3, 0.4) is 0 Å². The van der Waals surface area contributed by atoms with Crippen LogP contribution in [0.25, 0.3) is 0 Å². The molecule has 0 bridgehead atoms. The summed E-state index contributed by atoms with van der Waals surface area (Å²) in [6, 6.07) is 0. The van der Waals surface area contributed by atoms with Crippen LogP contribution in [0.5, 0.6) is 0 Å². The van der Waals surface area contributed by atoms with Gasteiger partial charge in [-0.25, -0.2) is 4.68 Å². The third kappa shape index (κ3) is 3.41. The highest BCUT2D eigenvalue weighted by atomic mass is 32.2. The predicted molar refractivity (Wildman–Crippen MR) is 61.4 cm³/mol. The summed E-state index contributed by atoms with van der Waals surface area (Å²) in [5.41, 5.74) is 0. The number of hydrogen-bond donors (Lipinski definition) is 1. The molecular formula is C9H16N4O2S. The van der Waals surface area contributed by atoms with Crippen molar-refractivity contribution in [3.05, 3.63) is 6.33 Å². The first-order valence-corrected chi connectivity index (χ1v) is 6.05. The van der Waals surface area contributed by atoms with Crippen LogP contribution in [0, 0.1) is 0 Å². The van der Waals surface area contributed by atoms with E-state index in [4.69, 9.17) is 10.6 Å². The highest BCUT2D eigenvalue weighted by Gasteiger charge is 2.22. The third-order valence-corrected chi connectivity index (χ3v) is 3.10. The van der Waals surface area contributed by atoms with E-state index < -0.39 is 0 Å². The van der Waals surface area contributed by atoms with Crippen molar-refractivity contribution in [1.82, 2.24) is 14.9 Å². The highest BCUT2D eigenvalue weighted by molar-refractivity contribution is 8.00. The van der Waals surface area contributed by atoms with Crippen molar-refractivity contribution in [2.75, 3.05) is 12.4 Å². The first kappa shape index (κ1) is 12.8. The van der Waals surface area contributed by atoms with Gasteiger partial charge in [0.25, 0.3) is 0 Å². The van der Waals surface area contributed by atoms with E-state index in [1.165, 1.54) is 22.8 Å². The predicted octanol–water partition coefficient (Wildman–Crippen LogP) is 0.816. The Bertz CT molecular complexity index is 342. The second-order valence-electron chi connectivity index (χ2n) is 3.17. The molecule has 0 aliphatic heterocycles. The molecule has 1 aromatic rings. The van der Waals surface area contributed by atoms with Crippen LogP contribution in [-0.2, 0) is 9.53 Å². The van der Waals surface area contributed by atoms with Gasteiger partial charge in [0.2, 0.25) is 5.16 Å². The minimum atomic E-state index is -0.267. The van der Waals surface area contributed by atoms with Gasteiger partial charge in [-0.05, 0) is 13.3 Å². The number of nitrogen functional groups attached to an aromatic ring is 1. The van der Waals surface area contributed by atoms with Crippen molar-refractivity contribution in [2.24, 2.45) is 0 Å². The van der Waals surface area contributed by atoms with Crippen LogP contribution in [-0.4, -0.2) is 32.7 Å². The summed E-state index contributed by atoms with van der Waals surface area (Å²) in [5, 5.41) is 7.73. The van der Waals surface area contributed by atoms with E-state index in [1.54, 1.807) is 6.92 Å². The molecule has 1 aromatic heterocycles. The van der Waals surface area contributed by atoms with Gasteiger partial charge < -0.3 is 10.6 Å². The lowest BCUT2D eigenvalue weighted by molar-refractivity contribution is -0.142. The summed E-state index contributed by atoms with van der Waals surface area (Å²) in [6.45, 7) is 4.19. The van der Waals surface area contributed by atoms with E-state index in [0.29, 0.717) is 11.8 Å². The van der Waals surface area contributed by atoms with Gasteiger partial charge >= 0.3 is 5.97 Å². The molecule has 16 heavy (non-hydrogen) atoms. The molecular weight excluding hydrogens is 228 g/mol. The average molecular weight is 244 g/mol. The number of carbonyl (C=O) groups is 1. The molecule has 1 unspecified atom stereocenters. The zero-order valence-electron chi connectivity index (χ0n) is 9.42. The lowest BCUT2D eigenvalue weighted by Crippen LogP contribution is -2.21. The zero-order chi connectivity index (χ0) is 12.0. The van der Waals surface area contributed by atoms with Crippen molar-refractivity contribution in [3.63, 3.8) is 0 Å². The van der Waals surface area contributed by atoms with E-state index in [2.05, 4.69) is 10.2 Å². The van der Waals surface area contributed by atoms with E-state index in [0.717, 1.165) is 12.8 Å². The standard InChI is InChI=1S/C9H16N4O2S/c1-3-5-7(8(14)15-4-2)16-9-12-11-6-13(9)10/h6-7H,3-5,10H2,1-2H3. The van der Waals surface area contributed by atoms with Crippen LogP contribution in [0.2, 0.25) is 0 Å². The second kappa shape index (κ2) is 6.37. The van der Waals surface area contributed by atoms with Crippen LogP contribution < -0.4 is 5.84 Å². The summed E-state index contributed by atoms with van der Waals surface area (Å²) in [5.74, 6) is 5.35. The second-order valence-corrected chi connectivity index (χ2v) is 4.34. The fraction of sp³-hybridized carbons (Fsp3) is 0.667. The summed E-state index contributed by atoms with van der Waals surface area (Å²) >= 11 is 1.28. The number of rotatable bonds is 6. The Morgan fingerprint density at radius 3 is 2.94 bits per heavy atom. The highest BCUT2D eigenvalue weighted by Crippen LogP contribution is 2.24. The van der Waals surface area contributed by atoms with E-state index >= 15 is 0 Å². The number of carbonyl (C=O) groups excluding carboxylic acids is 1. The molecule has 0 amide bonds. The monoisotopic (exact) mass is 244 g/mol. The van der Waals surface area contributed by atoms with E-state index in [1.807, 2.05) is 6.92 Å². The maximum Gasteiger partial charge on any atom is 0.319 e. The fourth-order valence-electron chi connectivity index (χ4n) is 1.17. The molecule has 1 atom stereocenters. The molecule has 0 aliphatic carbocycles. The van der Waals surface area contributed by atoms with Crippen molar-refractivity contribution in [3.8, 4) is 0 Å². The van der Waals surface area contributed by atoms with E-state index in [9.17, 15) is 4.79 Å². The van der Waals surface area contributed by atoms with Gasteiger partial charge in [-0.2, -0.15) is 0 Å². The zero-order valence-corrected chi connectivity index (χ0v) is 10.2. The molecule has 0 radical (unpaired) electrons. The molecule has 6 nitrogen and oxygen atoms in total. The van der Waals surface area contributed by atoms with Crippen LogP contribution >= 0.6 is 11.8 Å². The fourth-order valence-corrected chi connectivity index (χ4v) is 2.20. The number of hydrogen-bond acceptors (Lipinski definition) is 6. The Hall–Kier alpha value is -1.24. The molecule has 0 aromatic carbocycles. The Kier molecular flexibility index (Phi) is 5.10. The van der Waals surface area contributed by atoms with Gasteiger partial charge in [0.15, 0.2) is 0 Å². The normalized spacial score (nSPS) is 12.4. The molecule has 2 N–H and O–H groups in total. The Labute approximate surface area is 98.5 Å². The molecule has 1 heterocycles. The summed E-state index contributed by atoms with van der Waals surface area (Å²) in [4.78, 5) is 11.6. The third-order valence-electron chi connectivity index (χ3n) is 1.89. The smallest absolute Gasteiger partial charge is 0.319 e. The number of aromatic nitrogens is 3. The van der Waals surface area contributed by atoms with Crippen LogP contribution in [0.4, 0.5) is 0 Å². The van der Waals surface area contributed by atoms with Crippen LogP contribution in [0.15, 0.2) is 11.5 Å². The molecule has 0 fully saturated rings. The molecule has 0 spiro atoms. The summed E-state index contributed by atoms with van der Waals surface area (Å²) in [6.07, 6.45) is 3.03. The number of nitrogens with two attached hydrogens (primary N) is 1. The molecule has 0 saturated heterocycles. The number of thioether (sulfide) groups is 1. The first-order chi connectivity index (χ1) is 7.69. The molecule has 90 valence electrons. The van der Waals surface area contributed by atoms with Gasteiger partial charge in [0.05, 0.1) is 6.61 Å². The Morgan fingerprint density at radius 2 is 2.44 bits per heavy atom. The van der Waals surface area contributed by atoms with Crippen molar-refractivity contribution in [2.45, 2.75) is 37.1 Å². The number of nitrogens with zero attached hydrogens (tertiary/aromatic N) is 3. The summed E-state index contributed by atoms with van der Waals surface area (Å²) in [7, 11) is 0. The minimum Gasteiger partial charge on any atom is -0.465 e. The average Bonchev–Trinajstić information content (AvgIpc) is 2.64. The van der Waals surface area contributed by atoms with Crippen molar-refractivity contribution in [1.29, 1.82) is 0 Å². The minimum absolute atomic E-state index is 0.225. The summed E-state index contributed by atoms with van der Waals surface area (Å²) < 4.78 is 6.29. The lowest BCUT2D eigenvalue weighted by atomic mass is 10.2. The lowest BCUT2D eigenvalue weighted by Gasteiger charge is -2.12. The van der Waals surface area contributed by atoms with E-state index in [-0.39, 0.29) is 11.2 Å². The Balaban J connectivity index is 2.64. The molecule has 0 saturated carbocycles. The Morgan fingerprint density at radius 1 is 1.69 bits per heavy atom. The molecule has 1 rings (SSSR count). The molecule has 7 heteroatoms. The van der Waals surface area contributed by atoms with Gasteiger partial charge in [0.1, 0.15) is 11.6 Å². The van der Waals surface area contributed by atoms with Gasteiger partial charge in [-0.15, -0.1) is 10.2 Å². The quantitative estimate of drug-likeness (QED) is 0.453. The topological polar surface area (TPSA) is 83.0 Å². The maximum atomic E-state index is 11.6. The number of esters is 1. The van der Waals surface area contributed by atoms with Gasteiger partial charge in [-0.1, -0.05) is 25.1 Å².